The van der Waals surface area contributed by atoms with E-state index in [0.717, 1.165) is 13.2 Å². The van der Waals surface area contributed by atoms with Crippen LogP contribution in [0.4, 0.5) is 0 Å². The van der Waals surface area contributed by atoms with E-state index in [4.69, 9.17) is 4.74 Å². The average Bonchev–Trinajstić information content (AvgIpc) is 1.72. The van der Waals surface area contributed by atoms with Crippen molar-refractivity contribution in [3.63, 3.8) is 0 Å². The number of rotatable bonds is 0. The second-order valence-electron chi connectivity index (χ2n) is 1.13. The third-order valence-electron chi connectivity index (χ3n) is 0.646. The van der Waals surface area contributed by atoms with Crippen LogP contribution in [-0.2, 0) is 4.74 Å². The lowest BCUT2D eigenvalue weighted by Crippen LogP contribution is -2.22. The van der Waals surface area contributed by atoms with Crippen molar-refractivity contribution in [2.24, 2.45) is 0 Å². The summed E-state index contributed by atoms with van der Waals surface area (Å²) in [6.07, 6.45) is 0. The molecule has 0 aromatic carbocycles. The van der Waals surface area contributed by atoms with Crippen LogP contribution in [0.15, 0.2) is 0 Å². The number of morpholine rings is 1. The molecule has 1 fully saturated rings. The monoisotopic (exact) mass is 85.1 g/mol. The van der Waals surface area contributed by atoms with Crippen LogP contribution in [0.1, 0.15) is 0 Å². The van der Waals surface area contributed by atoms with E-state index in [0.29, 0.717) is 0 Å². The quantitative estimate of drug-likeness (QED) is 0.444. The lowest BCUT2D eigenvalue weighted by Gasteiger charge is -2.09. The zero-order chi connectivity index (χ0) is 4.24. The molecule has 34 valence electrons. The predicted molar refractivity (Wildman–Crippen MR) is 22.6 cm³/mol. The van der Waals surface area contributed by atoms with Gasteiger partial charge in [0.15, 0.2) is 0 Å². The van der Waals surface area contributed by atoms with E-state index in [-0.39, 0.29) is 0 Å². The van der Waals surface area contributed by atoms with E-state index in [1.165, 1.54) is 0 Å². The fourth-order valence-corrected chi connectivity index (χ4v) is 0.365. The Hall–Kier alpha value is -0.0800. The van der Waals surface area contributed by atoms with Crippen molar-refractivity contribution in [2.45, 2.75) is 0 Å². The molecule has 2 heteroatoms. The minimum atomic E-state index is 0.802. The van der Waals surface area contributed by atoms with Crippen LogP contribution in [0.25, 0.3) is 0 Å². The van der Waals surface area contributed by atoms with Gasteiger partial charge in [-0.3, -0.25) is 0 Å². The largest absolute Gasteiger partial charge is 0.372 e. The molecule has 0 spiro atoms. The second-order valence-corrected chi connectivity index (χ2v) is 1.13. The van der Waals surface area contributed by atoms with Gasteiger partial charge in [0.1, 0.15) is 6.61 Å². The van der Waals surface area contributed by atoms with Gasteiger partial charge in [-0.1, -0.05) is 0 Å². The van der Waals surface area contributed by atoms with Crippen molar-refractivity contribution in [1.82, 2.24) is 5.32 Å². The van der Waals surface area contributed by atoms with Gasteiger partial charge in [-0.25, -0.2) is 0 Å². The zero-order valence-electron chi connectivity index (χ0n) is 3.48. The van der Waals surface area contributed by atoms with Gasteiger partial charge in [0.2, 0.25) is 0 Å². The minimum Gasteiger partial charge on any atom is -0.372 e. The summed E-state index contributed by atoms with van der Waals surface area (Å²) in [7, 11) is 0. The SMILES string of the molecule is [CH]1[CH]OCCN1. The highest BCUT2D eigenvalue weighted by Gasteiger charge is 1.94. The van der Waals surface area contributed by atoms with Gasteiger partial charge in [0.25, 0.3) is 0 Å². The molecule has 0 aliphatic carbocycles. The molecule has 0 saturated carbocycles. The summed E-state index contributed by atoms with van der Waals surface area (Å²) in [5.74, 6) is 0. The first-order valence-corrected chi connectivity index (χ1v) is 2.00. The summed E-state index contributed by atoms with van der Waals surface area (Å²) in [4.78, 5) is 0. The molecule has 2 nitrogen and oxygen atoms in total. The number of hydrogen-bond donors (Lipinski definition) is 1. The highest BCUT2D eigenvalue weighted by atomic mass is 16.5. The summed E-state index contributed by atoms with van der Waals surface area (Å²) in [5, 5.41) is 2.98. The first-order chi connectivity index (χ1) is 3.00. The molecule has 0 aromatic heterocycles. The normalized spacial score (nSPS) is 24.0. The maximum absolute atomic E-state index is 4.83. The van der Waals surface area contributed by atoms with Crippen molar-refractivity contribution in [1.29, 1.82) is 0 Å². The van der Waals surface area contributed by atoms with Gasteiger partial charge < -0.3 is 10.1 Å². The first kappa shape index (κ1) is 4.09. The Morgan fingerprint density at radius 1 is 1.67 bits per heavy atom. The van der Waals surface area contributed by atoms with Crippen molar-refractivity contribution in [3.05, 3.63) is 13.2 Å². The molecule has 0 atom stereocenters. The molecular weight excluding hydrogens is 78.0 g/mol. The number of nitrogens with one attached hydrogen (secondary N) is 1. The molecule has 1 aliphatic rings. The van der Waals surface area contributed by atoms with E-state index in [9.17, 15) is 0 Å². The molecular formula is C4H7NO. The third-order valence-corrected chi connectivity index (χ3v) is 0.646. The fraction of sp³-hybridized carbons (Fsp3) is 0.500. The Morgan fingerprint density at radius 3 is 2.83 bits per heavy atom. The van der Waals surface area contributed by atoms with E-state index >= 15 is 0 Å². The zero-order valence-corrected chi connectivity index (χ0v) is 3.48. The van der Waals surface area contributed by atoms with E-state index in [1.54, 1.807) is 13.2 Å². The van der Waals surface area contributed by atoms with Crippen LogP contribution in [0, 0.1) is 13.2 Å². The molecule has 0 amide bonds. The highest BCUT2D eigenvalue weighted by Crippen LogP contribution is 1.87. The maximum atomic E-state index is 4.83. The van der Waals surface area contributed by atoms with Gasteiger partial charge in [0, 0.05) is 6.54 Å². The fourth-order valence-electron chi connectivity index (χ4n) is 0.365. The first-order valence-electron chi connectivity index (χ1n) is 2.00. The van der Waals surface area contributed by atoms with Crippen LogP contribution in [0.5, 0.6) is 0 Å². The standard InChI is InChI=1S/C4H7NO/c1-3-6-4-2-5-1/h1,3,5H,2,4H2. The Balaban J connectivity index is 2.00. The van der Waals surface area contributed by atoms with Crippen LogP contribution >= 0.6 is 0 Å². The summed E-state index contributed by atoms with van der Waals surface area (Å²) in [6, 6.07) is 0. The van der Waals surface area contributed by atoms with Crippen molar-refractivity contribution in [2.75, 3.05) is 13.2 Å². The minimum absolute atomic E-state index is 0.802. The molecule has 0 aromatic rings. The highest BCUT2D eigenvalue weighted by molar-refractivity contribution is 4.75. The second kappa shape index (κ2) is 2.16. The molecule has 2 radical (unpaired) electrons. The van der Waals surface area contributed by atoms with Crippen LogP contribution < -0.4 is 5.32 Å². The van der Waals surface area contributed by atoms with E-state index in [2.05, 4.69) is 5.32 Å². The number of ether oxygens (including phenoxy) is 1. The van der Waals surface area contributed by atoms with Crippen molar-refractivity contribution in [3.8, 4) is 0 Å². The Bertz CT molecular complexity index is 23.0. The van der Waals surface area contributed by atoms with Gasteiger partial charge in [-0.15, -0.1) is 0 Å². The van der Waals surface area contributed by atoms with Crippen molar-refractivity contribution >= 4 is 0 Å². The average molecular weight is 85.1 g/mol. The molecule has 6 heavy (non-hydrogen) atoms. The van der Waals surface area contributed by atoms with Crippen LogP contribution in [0.3, 0.4) is 0 Å². The lowest BCUT2D eigenvalue weighted by atomic mass is 10.5. The Labute approximate surface area is 37.5 Å². The molecule has 0 unspecified atom stereocenters. The third kappa shape index (κ3) is 0.954. The van der Waals surface area contributed by atoms with Crippen LogP contribution in [0.2, 0.25) is 0 Å². The van der Waals surface area contributed by atoms with Crippen molar-refractivity contribution < 1.29 is 4.74 Å². The number of hydrogen-bond acceptors (Lipinski definition) is 2. The van der Waals surface area contributed by atoms with Gasteiger partial charge in [0.05, 0.1) is 13.2 Å². The molecule has 1 N–H and O–H groups in total. The Morgan fingerprint density at radius 2 is 2.67 bits per heavy atom. The molecule has 1 aliphatic heterocycles. The smallest absolute Gasteiger partial charge is 0.102 e. The summed E-state index contributed by atoms with van der Waals surface area (Å²) in [6.45, 7) is 5.19. The van der Waals surface area contributed by atoms with Gasteiger partial charge in [-0.05, 0) is 0 Å². The molecule has 0 bridgehead atoms. The summed E-state index contributed by atoms with van der Waals surface area (Å²) >= 11 is 0. The van der Waals surface area contributed by atoms with E-state index < -0.39 is 0 Å². The van der Waals surface area contributed by atoms with Gasteiger partial charge >= 0.3 is 0 Å². The summed E-state index contributed by atoms with van der Waals surface area (Å²) < 4.78 is 4.83. The van der Waals surface area contributed by atoms with E-state index in [1.807, 2.05) is 0 Å². The molecule has 1 saturated heterocycles. The predicted octanol–water partition coefficient (Wildman–Crippen LogP) is -0.0702. The summed E-state index contributed by atoms with van der Waals surface area (Å²) in [5.41, 5.74) is 0. The lowest BCUT2D eigenvalue weighted by molar-refractivity contribution is 0.185. The maximum Gasteiger partial charge on any atom is 0.102 e. The van der Waals surface area contributed by atoms with Crippen LogP contribution in [-0.4, -0.2) is 13.2 Å². The van der Waals surface area contributed by atoms with Gasteiger partial charge in [-0.2, -0.15) is 0 Å². The Kier molecular flexibility index (Phi) is 1.47. The molecule has 1 heterocycles. The molecule has 1 rings (SSSR count). The topological polar surface area (TPSA) is 21.3 Å².